The third-order valence-corrected chi connectivity index (χ3v) is 12.9. The minimum absolute atomic E-state index is 0.244. The van der Waals surface area contributed by atoms with E-state index in [2.05, 4.69) is 112 Å². The molecule has 0 aromatic heterocycles. The maximum atomic E-state index is 2.40. The predicted octanol–water partition coefficient (Wildman–Crippen LogP) is 5.64. The summed E-state index contributed by atoms with van der Waals surface area (Å²) in [6.45, 7) is 7.19. The molecule has 0 saturated heterocycles. The van der Waals surface area contributed by atoms with E-state index in [1.807, 2.05) is 0 Å². The molecule has 122 valence electrons. The first kappa shape index (κ1) is 17.3. The average molecular weight is 350 g/mol. The molecule has 2 heteroatoms. The zero-order valence-corrected chi connectivity index (χ0v) is 16.3. The van der Waals surface area contributed by atoms with Gasteiger partial charge < -0.3 is 0 Å². The predicted molar refractivity (Wildman–Crippen MR) is 112 cm³/mol. The van der Waals surface area contributed by atoms with Gasteiger partial charge in [-0.3, -0.25) is 0 Å². The molecule has 1 atom stereocenters. The second-order valence-corrected chi connectivity index (χ2v) is 13.3. The molecule has 24 heavy (non-hydrogen) atoms. The lowest BCUT2D eigenvalue weighted by molar-refractivity contribution is 0.796. The van der Waals surface area contributed by atoms with E-state index >= 15 is 0 Å². The standard InChI is InChI=1S/C22H24P2/c1-22(2,3)24(21-17-11-6-12-18-21)23(19-13-7-4-8-14-19)20-15-9-5-10-16-20/h4-18H,1-3H3/t24-/m0/s1. The van der Waals surface area contributed by atoms with E-state index in [1.165, 1.54) is 15.9 Å². The molecule has 0 aliphatic heterocycles. The van der Waals surface area contributed by atoms with E-state index in [1.54, 1.807) is 0 Å². The summed E-state index contributed by atoms with van der Waals surface area (Å²) in [4.78, 5) is 0. The summed E-state index contributed by atoms with van der Waals surface area (Å²) in [5.41, 5.74) is 0. The van der Waals surface area contributed by atoms with Gasteiger partial charge in [0.25, 0.3) is 0 Å². The zero-order chi connectivity index (χ0) is 17.0. The van der Waals surface area contributed by atoms with Crippen LogP contribution in [0.1, 0.15) is 20.8 Å². The average Bonchev–Trinajstić information content (AvgIpc) is 2.61. The van der Waals surface area contributed by atoms with Crippen molar-refractivity contribution in [2.75, 3.05) is 0 Å². The van der Waals surface area contributed by atoms with Gasteiger partial charge in [0.2, 0.25) is 0 Å². The van der Waals surface area contributed by atoms with Gasteiger partial charge in [0.05, 0.1) is 0 Å². The van der Waals surface area contributed by atoms with Gasteiger partial charge in [-0.2, -0.15) is 0 Å². The molecule has 0 N–H and O–H groups in total. The Morgan fingerprint density at radius 1 is 0.500 bits per heavy atom. The summed E-state index contributed by atoms with van der Waals surface area (Å²) in [5, 5.41) is 4.69. The lowest BCUT2D eigenvalue weighted by Gasteiger charge is -2.39. The highest BCUT2D eigenvalue weighted by molar-refractivity contribution is 8.39. The van der Waals surface area contributed by atoms with Crippen LogP contribution in [0.15, 0.2) is 91.0 Å². The van der Waals surface area contributed by atoms with Gasteiger partial charge in [-0.1, -0.05) is 112 Å². The van der Waals surface area contributed by atoms with Crippen LogP contribution in [-0.2, 0) is 0 Å². The normalized spacial score (nSPS) is 13.0. The van der Waals surface area contributed by atoms with Gasteiger partial charge in [0, 0.05) is 0 Å². The van der Waals surface area contributed by atoms with Crippen molar-refractivity contribution in [3.8, 4) is 0 Å². The molecule has 0 unspecified atom stereocenters. The van der Waals surface area contributed by atoms with Crippen LogP contribution in [0.3, 0.4) is 0 Å². The van der Waals surface area contributed by atoms with Crippen molar-refractivity contribution in [3.63, 3.8) is 0 Å². The summed E-state index contributed by atoms with van der Waals surface area (Å²) in [7, 11) is -0.762. The monoisotopic (exact) mass is 350 g/mol. The number of hydrogen-bond donors (Lipinski definition) is 0. The van der Waals surface area contributed by atoms with Crippen molar-refractivity contribution in [1.29, 1.82) is 0 Å². The Balaban J connectivity index is 2.19. The second-order valence-electron chi connectivity index (χ2n) is 6.80. The SMILES string of the molecule is CC(C)(C)[P@](c1ccccc1)P(c1ccccc1)c1ccccc1. The maximum absolute atomic E-state index is 2.40. The Hall–Kier alpha value is -1.48. The van der Waals surface area contributed by atoms with Crippen molar-refractivity contribution in [2.24, 2.45) is 0 Å². The Labute approximate surface area is 148 Å². The Morgan fingerprint density at radius 3 is 1.17 bits per heavy atom. The maximum Gasteiger partial charge on any atom is -0.00948 e. The summed E-state index contributed by atoms with van der Waals surface area (Å²) < 4.78 is 0. The molecule has 3 aromatic carbocycles. The van der Waals surface area contributed by atoms with Crippen molar-refractivity contribution >= 4 is 31.1 Å². The third kappa shape index (κ3) is 3.94. The van der Waals surface area contributed by atoms with E-state index in [0.29, 0.717) is 0 Å². The smallest absolute Gasteiger partial charge is 0.00948 e. The molecule has 0 saturated carbocycles. The minimum Gasteiger partial charge on any atom is -0.0622 e. The summed E-state index contributed by atoms with van der Waals surface area (Å²) >= 11 is 0. The third-order valence-electron chi connectivity index (χ3n) is 3.84. The molecule has 0 fully saturated rings. The van der Waals surface area contributed by atoms with E-state index in [9.17, 15) is 0 Å². The first-order chi connectivity index (χ1) is 11.6. The molecule has 0 aliphatic rings. The van der Waals surface area contributed by atoms with E-state index in [4.69, 9.17) is 0 Å². The van der Waals surface area contributed by atoms with E-state index < -0.39 is 7.61 Å². The van der Waals surface area contributed by atoms with Crippen LogP contribution in [-0.4, -0.2) is 5.16 Å². The zero-order valence-electron chi connectivity index (χ0n) is 14.6. The van der Waals surface area contributed by atoms with E-state index in [-0.39, 0.29) is 12.8 Å². The first-order valence-electron chi connectivity index (χ1n) is 8.33. The molecular weight excluding hydrogens is 326 g/mol. The number of benzene rings is 3. The fourth-order valence-corrected chi connectivity index (χ4v) is 11.7. The Bertz CT molecular complexity index is 707. The van der Waals surface area contributed by atoms with Crippen molar-refractivity contribution in [1.82, 2.24) is 0 Å². The molecule has 0 bridgehead atoms. The fraction of sp³-hybridized carbons (Fsp3) is 0.182. The van der Waals surface area contributed by atoms with Crippen molar-refractivity contribution in [3.05, 3.63) is 91.0 Å². The van der Waals surface area contributed by atoms with Crippen molar-refractivity contribution in [2.45, 2.75) is 25.9 Å². The summed E-state index contributed by atoms with van der Waals surface area (Å²) in [6.07, 6.45) is 0. The lowest BCUT2D eigenvalue weighted by Crippen LogP contribution is -2.24. The Morgan fingerprint density at radius 2 is 0.833 bits per heavy atom. The summed E-state index contributed by atoms with van der Waals surface area (Å²) in [5.74, 6) is 0. The quantitative estimate of drug-likeness (QED) is 0.534. The summed E-state index contributed by atoms with van der Waals surface area (Å²) in [6, 6.07) is 33.3. The molecule has 0 amide bonds. The molecule has 0 heterocycles. The molecule has 0 nitrogen and oxygen atoms in total. The van der Waals surface area contributed by atoms with Gasteiger partial charge >= 0.3 is 0 Å². The molecule has 0 aliphatic carbocycles. The molecule has 0 radical (unpaired) electrons. The largest absolute Gasteiger partial charge is 0.0622 e. The highest BCUT2D eigenvalue weighted by atomic mass is 32.1. The lowest BCUT2D eigenvalue weighted by atomic mass is 10.3. The van der Waals surface area contributed by atoms with Gasteiger partial charge in [0.15, 0.2) is 0 Å². The van der Waals surface area contributed by atoms with Crippen LogP contribution in [0.4, 0.5) is 0 Å². The topological polar surface area (TPSA) is 0 Å². The second kappa shape index (κ2) is 7.60. The van der Waals surface area contributed by atoms with Crippen LogP contribution in [0, 0.1) is 0 Å². The Kier molecular flexibility index (Phi) is 5.50. The first-order valence-corrected chi connectivity index (χ1v) is 11.7. The van der Waals surface area contributed by atoms with Crippen LogP contribution >= 0.6 is 15.2 Å². The van der Waals surface area contributed by atoms with Crippen LogP contribution in [0.25, 0.3) is 0 Å². The van der Waals surface area contributed by atoms with Crippen LogP contribution < -0.4 is 15.9 Å². The van der Waals surface area contributed by atoms with Gasteiger partial charge in [-0.15, -0.1) is 0 Å². The molecular formula is C22H24P2. The number of rotatable bonds is 4. The van der Waals surface area contributed by atoms with Gasteiger partial charge in [0.1, 0.15) is 0 Å². The highest BCUT2D eigenvalue weighted by Gasteiger charge is 2.34. The fourth-order valence-electron chi connectivity index (χ4n) is 2.89. The van der Waals surface area contributed by atoms with Gasteiger partial charge in [-0.25, -0.2) is 0 Å². The molecule has 0 spiro atoms. The van der Waals surface area contributed by atoms with Gasteiger partial charge in [-0.05, 0) is 36.3 Å². The van der Waals surface area contributed by atoms with Crippen LogP contribution in [0.5, 0.6) is 0 Å². The number of hydrogen-bond acceptors (Lipinski definition) is 0. The van der Waals surface area contributed by atoms with Crippen molar-refractivity contribution < 1.29 is 0 Å². The minimum atomic E-state index is -0.414. The van der Waals surface area contributed by atoms with E-state index in [0.717, 1.165) is 0 Å². The molecule has 3 aromatic rings. The van der Waals surface area contributed by atoms with Crippen LogP contribution in [0.2, 0.25) is 0 Å². The highest BCUT2D eigenvalue weighted by Crippen LogP contribution is 2.72. The molecule has 3 rings (SSSR count).